The third-order valence-corrected chi connectivity index (χ3v) is 4.39. The summed E-state index contributed by atoms with van der Waals surface area (Å²) in [6.07, 6.45) is 0. The van der Waals surface area contributed by atoms with Gasteiger partial charge in [0.25, 0.3) is 0 Å². The molecule has 0 spiro atoms. The van der Waals surface area contributed by atoms with E-state index in [0.717, 1.165) is 0 Å². The maximum Gasteiger partial charge on any atom is 0.495 e. The maximum atomic E-state index is 12.1. The fourth-order valence-electron chi connectivity index (χ4n) is 2.26. The van der Waals surface area contributed by atoms with Gasteiger partial charge in [-0.15, -0.1) is 0 Å². The van der Waals surface area contributed by atoms with Crippen molar-refractivity contribution in [3.05, 3.63) is 29.3 Å². The number of carbonyl (C=O) groups is 2. The van der Waals surface area contributed by atoms with Crippen molar-refractivity contribution in [1.82, 2.24) is 0 Å². The van der Waals surface area contributed by atoms with Crippen LogP contribution in [0.2, 0.25) is 0 Å². The van der Waals surface area contributed by atoms with Crippen LogP contribution in [0.25, 0.3) is 0 Å². The molecule has 2 rings (SSSR count). The molecule has 7 heteroatoms. The summed E-state index contributed by atoms with van der Waals surface area (Å²) in [6.45, 7) is 7.70. The van der Waals surface area contributed by atoms with Gasteiger partial charge in [-0.05, 0) is 45.3 Å². The van der Waals surface area contributed by atoms with Gasteiger partial charge in [0.15, 0.2) is 0 Å². The molecule has 0 N–H and O–H groups in total. The minimum absolute atomic E-state index is 0.217. The van der Waals surface area contributed by atoms with Crippen LogP contribution in [0.15, 0.2) is 18.2 Å². The van der Waals surface area contributed by atoms with Crippen molar-refractivity contribution in [3.63, 3.8) is 0 Å². The molecular formula is C16H21BO6. The van der Waals surface area contributed by atoms with Crippen LogP contribution in [0.1, 0.15) is 48.4 Å². The first-order valence-electron chi connectivity index (χ1n) is 7.29. The lowest BCUT2D eigenvalue weighted by Gasteiger charge is -2.32. The molecule has 1 fully saturated rings. The lowest BCUT2D eigenvalue weighted by Crippen LogP contribution is -2.41. The summed E-state index contributed by atoms with van der Waals surface area (Å²) in [4.78, 5) is 23.8. The van der Waals surface area contributed by atoms with Crippen molar-refractivity contribution in [2.75, 3.05) is 14.2 Å². The van der Waals surface area contributed by atoms with Crippen LogP contribution in [0.5, 0.6) is 0 Å². The molecule has 0 atom stereocenters. The second-order valence-electron chi connectivity index (χ2n) is 6.37. The smallest absolute Gasteiger partial charge is 0.465 e. The summed E-state index contributed by atoms with van der Waals surface area (Å²) in [5.74, 6) is -1.10. The van der Waals surface area contributed by atoms with E-state index in [1.165, 1.54) is 20.3 Å². The molecule has 0 bridgehead atoms. The Morgan fingerprint density at radius 3 is 1.96 bits per heavy atom. The lowest BCUT2D eigenvalue weighted by molar-refractivity contribution is 0.00578. The van der Waals surface area contributed by atoms with E-state index in [-0.39, 0.29) is 11.1 Å². The predicted molar refractivity (Wildman–Crippen MR) is 84.8 cm³/mol. The zero-order valence-corrected chi connectivity index (χ0v) is 14.3. The molecule has 0 aliphatic carbocycles. The zero-order valence-electron chi connectivity index (χ0n) is 14.3. The van der Waals surface area contributed by atoms with E-state index in [1.807, 2.05) is 27.7 Å². The molecule has 1 aromatic rings. The van der Waals surface area contributed by atoms with Gasteiger partial charge in [-0.2, -0.15) is 0 Å². The van der Waals surface area contributed by atoms with Gasteiger partial charge >= 0.3 is 19.1 Å². The fraction of sp³-hybridized carbons (Fsp3) is 0.500. The summed E-state index contributed by atoms with van der Waals surface area (Å²) < 4.78 is 21.4. The fourth-order valence-corrected chi connectivity index (χ4v) is 2.26. The van der Waals surface area contributed by atoms with Crippen LogP contribution >= 0.6 is 0 Å². The first-order valence-corrected chi connectivity index (χ1v) is 7.29. The van der Waals surface area contributed by atoms with Crippen molar-refractivity contribution in [3.8, 4) is 0 Å². The minimum atomic E-state index is -0.721. The van der Waals surface area contributed by atoms with Crippen LogP contribution < -0.4 is 5.46 Å². The standard InChI is InChI=1S/C16H21BO6/c1-15(2)16(3,4)23-17(22-15)12-8-7-10(13(18)20-5)9-11(12)14(19)21-6/h7-9H,1-6H3. The summed E-state index contributed by atoms with van der Waals surface area (Å²) in [5, 5.41) is 0. The van der Waals surface area contributed by atoms with E-state index in [9.17, 15) is 9.59 Å². The van der Waals surface area contributed by atoms with Gasteiger partial charge in [0, 0.05) is 0 Å². The monoisotopic (exact) mass is 320 g/mol. The van der Waals surface area contributed by atoms with E-state index >= 15 is 0 Å². The number of benzene rings is 1. The lowest BCUT2D eigenvalue weighted by atomic mass is 9.75. The molecule has 1 saturated heterocycles. The normalized spacial score (nSPS) is 18.6. The van der Waals surface area contributed by atoms with Crippen molar-refractivity contribution < 1.29 is 28.4 Å². The molecular weight excluding hydrogens is 299 g/mol. The van der Waals surface area contributed by atoms with Crippen LogP contribution in [0.4, 0.5) is 0 Å². The average Bonchev–Trinajstić information content (AvgIpc) is 2.73. The Morgan fingerprint density at radius 2 is 1.48 bits per heavy atom. The van der Waals surface area contributed by atoms with E-state index < -0.39 is 30.3 Å². The van der Waals surface area contributed by atoms with Gasteiger partial charge in [0.05, 0.1) is 36.5 Å². The number of hydrogen-bond acceptors (Lipinski definition) is 6. The molecule has 23 heavy (non-hydrogen) atoms. The Kier molecular flexibility index (Phi) is 4.55. The van der Waals surface area contributed by atoms with Crippen molar-refractivity contribution in [2.24, 2.45) is 0 Å². The Bertz CT molecular complexity index is 621. The summed E-state index contributed by atoms with van der Waals surface area (Å²) in [7, 11) is 1.84. The van der Waals surface area contributed by atoms with Crippen LogP contribution in [0.3, 0.4) is 0 Å². The summed E-state index contributed by atoms with van der Waals surface area (Å²) >= 11 is 0. The van der Waals surface area contributed by atoms with Crippen molar-refractivity contribution >= 4 is 24.5 Å². The Balaban J connectivity index is 2.47. The molecule has 1 aromatic carbocycles. The SMILES string of the molecule is COC(=O)c1ccc(B2OC(C)(C)C(C)(C)O2)c(C(=O)OC)c1. The van der Waals surface area contributed by atoms with E-state index in [2.05, 4.69) is 4.74 Å². The maximum absolute atomic E-state index is 12.1. The van der Waals surface area contributed by atoms with Gasteiger partial charge in [0.2, 0.25) is 0 Å². The third kappa shape index (κ3) is 3.11. The molecule has 0 unspecified atom stereocenters. The number of rotatable bonds is 3. The number of methoxy groups -OCH3 is 2. The largest absolute Gasteiger partial charge is 0.495 e. The predicted octanol–water partition coefficient (Wildman–Crippen LogP) is 1.56. The van der Waals surface area contributed by atoms with E-state index in [0.29, 0.717) is 5.46 Å². The molecule has 1 aliphatic rings. The number of hydrogen-bond donors (Lipinski definition) is 0. The highest BCUT2D eigenvalue weighted by molar-refractivity contribution is 6.63. The molecule has 0 aromatic heterocycles. The summed E-state index contributed by atoms with van der Waals surface area (Å²) in [6, 6.07) is 4.62. The van der Waals surface area contributed by atoms with Gasteiger partial charge in [-0.1, -0.05) is 6.07 Å². The number of ether oxygens (including phenoxy) is 2. The van der Waals surface area contributed by atoms with Crippen molar-refractivity contribution in [2.45, 2.75) is 38.9 Å². The number of esters is 2. The highest BCUT2D eigenvalue weighted by Gasteiger charge is 2.52. The molecule has 124 valence electrons. The Labute approximate surface area is 136 Å². The Morgan fingerprint density at radius 1 is 0.957 bits per heavy atom. The molecule has 6 nitrogen and oxygen atoms in total. The number of carbonyl (C=O) groups excluding carboxylic acids is 2. The zero-order chi connectivity index (χ0) is 17.4. The highest BCUT2D eigenvalue weighted by Crippen LogP contribution is 2.36. The molecule has 0 amide bonds. The molecule has 0 saturated carbocycles. The van der Waals surface area contributed by atoms with Gasteiger partial charge in [-0.25, -0.2) is 9.59 Å². The van der Waals surface area contributed by atoms with Crippen LogP contribution in [-0.2, 0) is 18.8 Å². The third-order valence-electron chi connectivity index (χ3n) is 4.39. The topological polar surface area (TPSA) is 71.1 Å². The van der Waals surface area contributed by atoms with E-state index in [4.69, 9.17) is 14.0 Å². The van der Waals surface area contributed by atoms with Crippen LogP contribution in [0, 0.1) is 0 Å². The quantitative estimate of drug-likeness (QED) is 0.622. The first kappa shape index (κ1) is 17.5. The first-order chi connectivity index (χ1) is 10.6. The average molecular weight is 320 g/mol. The Hall–Kier alpha value is -1.86. The van der Waals surface area contributed by atoms with Crippen molar-refractivity contribution in [1.29, 1.82) is 0 Å². The summed E-state index contributed by atoms with van der Waals surface area (Å²) in [5.41, 5.74) is -0.0803. The van der Waals surface area contributed by atoms with E-state index in [1.54, 1.807) is 12.1 Å². The second kappa shape index (κ2) is 5.98. The molecule has 1 heterocycles. The molecule has 1 aliphatic heterocycles. The highest BCUT2D eigenvalue weighted by atomic mass is 16.7. The van der Waals surface area contributed by atoms with Gasteiger partial charge in [0.1, 0.15) is 0 Å². The molecule has 0 radical (unpaired) electrons. The second-order valence-corrected chi connectivity index (χ2v) is 6.37. The van der Waals surface area contributed by atoms with Crippen LogP contribution in [-0.4, -0.2) is 44.5 Å². The van der Waals surface area contributed by atoms with Gasteiger partial charge in [-0.3, -0.25) is 0 Å². The van der Waals surface area contributed by atoms with Gasteiger partial charge < -0.3 is 18.8 Å². The minimum Gasteiger partial charge on any atom is -0.465 e.